The van der Waals surface area contributed by atoms with Crippen molar-refractivity contribution in [3.05, 3.63) is 33.1 Å². The van der Waals surface area contributed by atoms with E-state index in [1.54, 1.807) is 0 Å². The van der Waals surface area contributed by atoms with Gasteiger partial charge in [0.15, 0.2) is 0 Å². The Kier molecular flexibility index (Phi) is 2.93. The molecule has 0 bridgehead atoms. The molecule has 88 valence electrons. The van der Waals surface area contributed by atoms with E-state index in [-0.39, 0.29) is 18.6 Å². The molecule has 1 aromatic heterocycles. The largest absolute Gasteiger partial charge is 0.394 e. The molecule has 6 heteroatoms. The summed E-state index contributed by atoms with van der Waals surface area (Å²) in [7, 11) is 0. The van der Waals surface area contributed by atoms with Crippen LogP contribution in [0.15, 0.2) is 21.9 Å². The van der Waals surface area contributed by atoms with Crippen LogP contribution in [-0.2, 0) is 0 Å². The number of hydrogen-bond acceptors (Lipinski definition) is 4. The lowest BCUT2D eigenvalue weighted by atomic mass is 10.2. The minimum absolute atomic E-state index is 0.0329. The van der Waals surface area contributed by atoms with Gasteiger partial charge in [0.05, 0.1) is 12.7 Å². The highest BCUT2D eigenvalue weighted by atomic mass is 16.3. The van der Waals surface area contributed by atoms with Crippen molar-refractivity contribution in [3.8, 4) is 0 Å². The normalized spacial score (nSPS) is 25.4. The molecule has 1 aliphatic carbocycles. The number of rotatable bonds is 4. The summed E-state index contributed by atoms with van der Waals surface area (Å²) in [4.78, 5) is 24.5. The quantitative estimate of drug-likeness (QED) is 0.603. The molecule has 1 saturated carbocycles. The van der Waals surface area contributed by atoms with Gasteiger partial charge in [-0.25, -0.2) is 4.79 Å². The lowest BCUT2D eigenvalue weighted by molar-refractivity contribution is 0.0825. The molecule has 0 amide bonds. The van der Waals surface area contributed by atoms with E-state index in [4.69, 9.17) is 5.11 Å². The Labute approximate surface area is 91.2 Å². The Morgan fingerprint density at radius 3 is 2.94 bits per heavy atom. The molecule has 16 heavy (non-hydrogen) atoms. The summed E-state index contributed by atoms with van der Waals surface area (Å²) >= 11 is 0. The highest BCUT2D eigenvalue weighted by Crippen LogP contribution is 2.45. The van der Waals surface area contributed by atoms with E-state index in [1.165, 1.54) is 16.8 Å². The second-order valence-corrected chi connectivity index (χ2v) is 4.15. The van der Waals surface area contributed by atoms with Gasteiger partial charge in [0.2, 0.25) is 0 Å². The highest BCUT2D eigenvalue weighted by Gasteiger charge is 2.40. The average molecular weight is 226 g/mol. The molecule has 3 N–H and O–H groups in total. The summed E-state index contributed by atoms with van der Waals surface area (Å²) in [6.07, 6.45) is 2.01. The molecule has 3 atom stereocenters. The van der Waals surface area contributed by atoms with Gasteiger partial charge in [-0.3, -0.25) is 14.3 Å². The van der Waals surface area contributed by atoms with Crippen molar-refractivity contribution in [1.29, 1.82) is 0 Å². The Bertz CT molecular complexity index is 478. The second kappa shape index (κ2) is 4.23. The smallest absolute Gasteiger partial charge is 0.328 e. The van der Waals surface area contributed by atoms with Crippen molar-refractivity contribution in [1.82, 2.24) is 9.55 Å². The zero-order valence-corrected chi connectivity index (χ0v) is 8.67. The van der Waals surface area contributed by atoms with Crippen LogP contribution in [0.2, 0.25) is 0 Å². The Hall–Kier alpha value is -1.40. The van der Waals surface area contributed by atoms with Gasteiger partial charge in [0.1, 0.15) is 0 Å². The fourth-order valence-corrected chi connectivity index (χ4v) is 1.94. The molecule has 2 rings (SSSR count). The number of aromatic nitrogens is 2. The molecular formula is C10H14N2O4. The predicted octanol–water partition coefficient (Wildman–Crippen LogP) is -1.16. The van der Waals surface area contributed by atoms with Crippen molar-refractivity contribution in [2.75, 3.05) is 6.61 Å². The third kappa shape index (κ3) is 2.23. The van der Waals surface area contributed by atoms with Crippen molar-refractivity contribution in [2.24, 2.45) is 5.92 Å². The standard InChI is InChI=1S/C10H14N2O4/c13-5-7(14)3-6-4-8(6)12-2-1-9(15)11-10(12)16/h1-2,6-8,13-14H,3-5H2,(H,11,15,16). The van der Waals surface area contributed by atoms with E-state index < -0.39 is 17.4 Å². The number of aromatic amines is 1. The summed E-state index contributed by atoms with van der Waals surface area (Å²) < 4.78 is 1.47. The third-order valence-electron chi connectivity index (χ3n) is 2.88. The van der Waals surface area contributed by atoms with Crippen molar-refractivity contribution < 1.29 is 10.2 Å². The molecule has 3 unspecified atom stereocenters. The van der Waals surface area contributed by atoms with E-state index >= 15 is 0 Å². The van der Waals surface area contributed by atoms with Crippen LogP contribution in [0.1, 0.15) is 18.9 Å². The summed E-state index contributed by atoms with van der Waals surface area (Å²) in [5.74, 6) is 0.200. The first kappa shape index (κ1) is 11.1. The van der Waals surface area contributed by atoms with E-state index in [2.05, 4.69) is 4.98 Å². The summed E-state index contributed by atoms with van der Waals surface area (Å²) in [6.45, 7) is -0.260. The van der Waals surface area contributed by atoms with Crippen LogP contribution < -0.4 is 11.2 Å². The molecule has 0 aliphatic heterocycles. The van der Waals surface area contributed by atoms with Crippen LogP contribution in [0, 0.1) is 5.92 Å². The third-order valence-corrected chi connectivity index (χ3v) is 2.88. The topological polar surface area (TPSA) is 95.3 Å². The maximum Gasteiger partial charge on any atom is 0.328 e. The molecule has 1 aliphatic rings. The van der Waals surface area contributed by atoms with Crippen molar-refractivity contribution in [3.63, 3.8) is 0 Å². The number of aliphatic hydroxyl groups excluding tert-OH is 2. The summed E-state index contributed by atoms with van der Waals surface area (Å²) in [5.41, 5.74) is -0.827. The summed E-state index contributed by atoms with van der Waals surface area (Å²) in [5, 5.41) is 17.9. The van der Waals surface area contributed by atoms with E-state index in [0.717, 1.165) is 6.42 Å². The first-order valence-electron chi connectivity index (χ1n) is 5.22. The minimum Gasteiger partial charge on any atom is -0.394 e. The van der Waals surface area contributed by atoms with Crippen molar-refractivity contribution in [2.45, 2.75) is 25.0 Å². The van der Waals surface area contributed by atoms with Gasteiger partial charge < -0.3 is 10.2 Å². The number of aliphatic hydroxyl groups is 2. The molecule has 6 nitrogen and oxygen atoms in total. The van der Waals surface area contributed by atoms with Crippen LogP contribution in [0.25, 0.3) is 0 Å². The molecule has 0 aromatic carbocycles. The van der Waals surface area contributed by atoms with Crippen molar-refractivity contribution >= 4 is 0 Å². The molecule has 0 radical (unpaired) electrons. The predicted molar refractivity (Wildman–Crippen MR) is 56.2 cm³/mol. The monoisotopic (exact) mass is 226 g/mol. The van der Waals surface area contributed by atoms with Crippen LogP contribution >= 0.6 is 0 Å². The molecule has 1 fully saturated rings. The average Bonchev–Trinajstić information content (AvgIpc) is 2.97. The fraction of sp³-hybridized carbons (Fsp3) is 0.600. The van der Waals surface area contributed by atoms with Gasteiger partial charge in [-0.15, -0.1) is 0 Å². The summed E-state index contributed by atoms with van der Waals surface area (Å²) in [6, 6.07) is 1.34. The Balaban J connectivity index is 2.06. The van der Waals surface area contributed by atoms with Crippen LogP contribution in [0.4, 0.5) is 0 Å². The highest BCUT2D eigenvalue weighted by molar-refractivity contribution is 4.97. The number of nitrogens with zero attached hydrogens (tertiary/aromatic N) is 1. The van der Waals surface area contributed by atoms with Crippen LogP contribution in [0.3, 0.4) is 0 Å². The maximum atomic E-state index is 11.4. The fourth-order valence-electron chi connectivity index (χ4n) is 1.94. The zero-order valence-electron chi connectivity index (χ0n) is 8.67. The van der Waals surface area contributed by atoms with Gasteiger partial charge in [0, 0.05) is 18.3 Å². The number of H-pyrrole nitrogens is 1. The second-order valence-electron chi connectivity index (χ2n) is 4.15. The van der Waals surface area contributed by atoms with Gasteiger partial charge in [-0.2, -0.15) is 0 Å². The van der Waals surface area contributed by atoms with E-state index in [9.17, 15) is 14.7 Å². The maximum absolute atomic E-state index is 11.4. The number of hydrogen-bond donors (Lipinski definition) is 3. The lowest BCUT2D eigenvalue weighted by Gasteiger charge is -2.07. The van der Waals surface area contributed by atoms with E-state index in [0.29, 0.717) is 6.42 Å². The first-order valence-corrected chi connectivity index (χ1v) is 5.22. The lowest BCUT2D eigenvalue weighted by Crippen LogP contribution is -2.28. The number of nitrogens with one attached hydrogen (secondary N) is 1. The zero-order chi connectivity index (χ0) is 11.7. The molecule has 1 aromatic rings. The Morgan fingerprint density at radius 1 is 1.56 bits per heavy atom. The molecule has 0 saturated heterocycles. The van der Waals surface area contributed by atoms with Crippen LogP contribution in [-0.4, -0.2) is 32.5 Å². The SMILES string of the molecule is O=c1ccn(C2CC2CC(O)CO)c(=O)[nH]1. The van der Waals surface area contributed by atoms with Gasteiger partial charge in [-0.1, -0.05) is 0 Å². The Morgan fingerprint density at radius 2 is 2.31 bits per heavy atom. The van der Waals surface area contributed by atoms with Gasteiger partial charge >= 0.3 is 5.69 Å². The van der Waals surface area contributed by atoms with Gasteiger partial charge in [0.25, 0.3) is 5.56 Å². The minimum atomic E-state index is -0.728. The van der Waals surface area contributed by atoms with E-state index in [1.807, 2.05) is 0 Å². The molecule has 1 heterocycles. The van der Waals surface area contributed by atoms with Gasteiger partial charge in [-0.05, 0) is 18.8 Å². The van der Waals surface area contributed by atoms with Crippen LogP contribution in [0.5, 0.6) is 0 Å². The molecular weight excluding hydrogens is 212 g/mol. The first-order chi connectivity index (χ1) is 7.61. The molecule has 0 spiro atoms.